The Morgan fingerprint density at radius 3 is 2.78 bits per heavy atom. The van der Waals surface area contributed by atoms with Crippen molar-refractivity contribution in [3.63, 3.8) is 0 Å². The summed E-state index contributed by atoms with van der Waals surface area (Å²) < 4.78 is 0.703. The van der Waals surface area contributed by atoms with Gasteiger partial charge in [0.2, 0.25) is 0 Å². The average Bonchev–Trinajstić information content (AvgIpc) is 2.77. The van der Waals surface area contributed by atoms with Crippen molar-refractivity contribution in [3.8, 4) is 5.75 Å². The molecule has 5 nitrogen and oxygen atoms in total. The Hall–Kier alpha value is -0.860. The summed E-state index contributed by atoms with van der Waals surface area (Å²) >= 11 is 2.00. The first kappa shape index (κ1) is 13.6. The fourth-order valence-electron chi connectivity index (χ4n) is 2.05. The molecule has 0 aliphatic carbocycles. The minimum absolute atomic E-state index is 0.0972. The van der Waals surface area contributed by atoms with Crippen molar-refractivity contribution < 1.29 is 15.0 Å². The van der Waals surface area contributed by atoms with Crippen molar-refractivity contribution in [2.75, 3.05) is 20.1 Å². The van der Waals surface area contributed by atoms with Crippen molar-refractivity contribution in [1.82, 2.24) is 10.2 Å². The van der Waals surface area contributed by atoms with Gasteiger partial charge in [0, 0.05) is 25.7 Å². The van der Waals surface area contributed by atoms with E-state index in [1.165, 1.54) is 11.0 Å². The predicted octanol–water partition coefficient (Wildman–Crippen LogP) is 0.401. The monoisotopic (exact) mass is 362 g/mol. The molecule has 2 rings (SSSR count). The summed E-state index contributed by atoms with van der Waals surface area (Å²) in [4.78, 5) is 13.7. The van der Waals surface area contributed by atoms with Gasteiger partial charge in [0.15, 0.2) is 0 Å². The van der Waals surface area contributed by atoms with Crippen molar-refractivity contribution in [2.24, 2.45) is 0 Å². The summed E-state index contributed by atoms with van der Waals surface area (Å²) in [6, 6.07) is 4.60. The maximum Gasteiger partial charge on any atom is 0.254 e. The van der Waals surface area contributed by atoms with Crippen LogP contribution < -0.4 is 5.32 Å². The normalized spacial score (nSPS) is 23.1. The first-order valence-electron chi connectivity index (χ1n) is 5.65. The number of amides is 1. The van der Waals surface area contributed by atoms with Gasteiger partial charge in [-0.15, -0.1) is 0 Å². The summed E-state index contributed by atoms with van der Waals surface area (Å²) in [5.41, 5.74) is 0.425. The number of halogens is 1. The number of rotatable bonds is 2. The smallest absolute Gasteiger partial charge is 0.254 e. The predicted molar refractivity (Wildman–Crippen MR) is 75.6 cm³/mol. The van der Waals surface area contributed by atoms with E-state index in [2.05, 4.69) is 5.32 Å². The van der Waals surface area contributed by atoms with Crippen LogP contribution in [0.25, 0.3) is 0 Å². The second kappa shape index (κ2) is 5.41. The molecule has 1 aromatic carbocycles. The Balaban J connectivity index is 2.17. The largest absolute Gasteiger partial charge is 0.507 e. The molecule has 2 atom stereocenters. The van der Waals surface area contributed by atoms with Gasteiger partial charge in [-0.2, -0.15) is 0 Å². The number of aliphatic hydroxyl groups excluding tert-OH is 1. The highest BCUT2D eigenvalue weighted by Crippen LogP contribution is 2.22. The van der Waals surface area contributed by atoms with E-state index in [0.717, 1.165) is 0 Å². The van der Waals surface area contributed by atoms with Gasteiger partial charge in [0.05, 0.1) is 15.7 Å². The van der Waals surface area contributed by atoms with Crippen LogP contribution in [-0.2, 0) is 0 Å². The zero-order chi connectivity index (χ0) is 13.3. The molecule has 3 N–H and O–H groups in total. The number of nitrogens with one attached hydrogen (secondary N) is 1. The van der Waals surface area contributed by atoms with E-state index in [4.69, 9.17) is 0 Å². The average molecular weight is 362 g/mol. The van der Waals surface area contributed by atoms with Crippen molar-refractivity contribution >= 4 is 28.5 Å². The number of hydrogen-bond acceptors (Lipinski definition) is 4. The lowest BCUT2D eigenvalue weighted by Gasteiger charge is -2.26. The lowest BCUT2D eigenvalue weighted by molar-refractivity contribution is 0.0581. The van der Waals surface area contributed by atoms with Crippen molar-refractivity contribution in [3.05, 3.63) is 27.3 Å². The number of benzene rings is 1. The second-order valence-electron chi connectivity index (χ2n) is 4.38. The number of carbonyl (C=O) groups is 1. The van der Waals surface area contributed by atoms with Crippen LogP contribution in [0.2, 0.25) is 0 Å². The lowest BCUT2D eigenvalue weighted by atomic mass is 10.1. The van der Waals surface area contributed by atoms with Gasteiger partial charge >= 0.3 is 0 Å². The molecule has 0 saturated carbocycles. The Bertz CT molecular complexity index is 467. The highest BCUT2D eigenvalue weighted by molar-refractivity contribution is 14.1. The number of phenols is 1. The number of likely N-dealkylation sites (N-methyl/N-ethyl adjacent to an activating group) is 1. The molecule has 1 fully saturated rings. The van der Waals surface area contributed by atoms with Crippen LogP contribution in [0.5, 0.6) is 5.75 Å². The summed E-state index contributed by atoms with van der Waals surface area (Å²) in [5.74, 6) is -0.102. The molecule has 1 aliphatic heterocycles. The van der Waals surface area contributed by atoms with E-state index in [-0.39, 0.29) is 17.7 Å². The quantitative estimate of drug-likeness (QED) is 0.667. The SMILES string of the molecule is CN(C(=O)c1ccc(I)c(O)c1)[C@@H]1CNC[C@H]1O. The van der Waals surface area contributed by atoms with Gasteiger partial charge in [0.1, 0.15) is 5.75 Å². The Morgan fingerprint density at radius 1 is 1.50 bits per heavy atom. The highest BCUT2D eigenvalue weighted by atomic mass is 127. The van der Waals surface area contributed by atoms with E-state index in [9.17, 15) is 15.0 Å². The third kappa shape index (κ3) is 2.60. The maximum atomic E-state index is 12.2. The van der Waals surface area contributed by atoms with Gasteiger partial charge in [-0.1, -0.05) is 0 Å². The topological polar surface area (TPSA) is 72.8 Å². The Kier molecular flexibility index (Phi) is 4.08. The van der Waals surface area contributed by atoms with E-state index in [1.807, 2.05) is 22.6 Å². The van der Waals surface area contributed by atoms with Gasteiger partial charge in [0.25, 0.3) is 5.91 Å². The molecule has 0 bridgehead atoms. The molecular weight excluding hydrogens is 347 g/mol. The molecule has 6 heteroatoms. The van der Waals surface area contributed by atoms with Gasteiger partial charge in [-0.05, 0) is 40.8 Å². The third-order valence-electron chi connectivity index (χ3n) is 3.16. The number of β-amino-alcohol motifs (C(OH)–C–C–N with tert-alkyl or cyclic N) is 1. The summed E-state index contributed by atoms with van der Waals surface area (Å²) in [5, 5.41) is 22.4. The van der Waals surface area contributed by atoms with E-state index < -0.39 is 6.10 Å². The van der Waals surface area contributed by atoms with E-state index in [1.54, 1.807) is 19.2 Å². The number of hydrogen-bond donors (Lipinski definition) is 3. The van der Waals surface area contributed by atoms with Crippen LogP contribution in [-0.4, -0.2) is 53.3 Å². The second-order valence-corrected chi connectivity index (χ2v) is 5.54. The molecule has 0 spiro atoms. The number of aliphatic hydroxyl groups is 1. The number of nitrogens with zero attached hydrogens (tertiary/aromatic N) is 1. The van der Waals surface area contributed by atoms with Crippen LogP contribution in [0.3, 0.4) is 0 Å². The Labute approximate surface area is 119 Å². The molecule has 1 amide bonds. The number of carbonyl (C=O) groups excluding carboxylic acids is 1. The number of aromatic hydroxyl groups is 1. The third-order valence-corrected chi connectivity index (χ3v) is 4.07. The molecule has 1 aliphatic rings. The molecule has 1 saturated heterocycles. The molecule has 0 unspecified atom stereocenters. The zero-order valence-electron chi connectivity index (χ0n) is 9.93. The minimum Gasteiger partial charge on any atom is -0.507 e. The fourth-order valence-corrected chi connectivity index (χ4v) is 2.38. The summed E-state index contributed by atoms with van der Waals surface area (Å²) in [7, 11) is 1.66. The molecule has 1 heterocycles. The minimum atomic E-state index is -0.545. The van der Waals surface area contributed by atoms with Crippen LogP contribution in [0.1, 0.15) is 10.4 Å². The van der Waals surface area contributed by atoms with Crippen molar-refractivity contribution in [2.45, 2.75) is 12.1 Å². The highest BCUT2D eigenvalue weighted by Gasteiger charge is 2.31. The van der Waals surface area contributed by atoms with Crippen LogP contribution in [0.4, 0.5) is 0 Å². The lowest BCUT2D eigenvalue weighted by Crippen LogP contribution is -2.44. The molecule has 0 radical (unpaired) electrons. The van der Waals surface area contributed by atoms with Crippen LogP contribution >= 0.6 is 22.6 Å². The first-order valence-corrected chi connectivity index (χ1v) is 6.73. The number of phenolic OH excluding ortho intramolecular Hbond substituents is 1. The van der Waals surface area contributed by atoms with E-state index >= 15 is 0 Å². The molecule has 98 valence electrons. The first-order chi connectivity index (χ1) is 8.50. The van der Waals surface area contributed by atoms with Gasteiger partial charge in [-0.25, -0.2) is 0 Å². The summed E-state index contributed by atoms with van der Waals surface area (Å²) in [6.07, 6.45) is -0.545. The standard InChI is InChI=1S/C12H15IN2O3/c1-15(9-5-14-6-11(9)17)12(18)7-2-3-8(13)10(16)4-7/h2-4,9,11,14,16-17H,5-6H2,1H3/t9-,11-/m1/s1. The molecule has 1 aromatic rings. The van der Waals surface area contributed by atoms with Gasteiger partial charge in [-0.3, -0.25) is 4.79 Å². The Morgan fingerprint density at radius 2 is 2.22 bits per heavy atom. The zero-order valence-corrected chi connectivity index (χ0v) is 12.1. The van der Waals surface area contributed by atoms with Crippen LogP contribution in [0, 0.1) is 3.57 Å². The molecular formula is C12H15IN2O3. The fraction of sp³-hybridized carbons (Fsp3) is 0.417. The van der Waals surface area contributed by atoms with Crippen LogP contribution in [0.15, 0.2) is 18.2 Å². The van der Waals surface area contributed by atoms with Crippen molar-refractivity contribution in [1.29, 1.82) is 0 Å². The summed E-state index contributed by atoms with van der Waals surface area (Å²) in [6.45, 7) is 1.08. The maximum absolute atomic E-state index is 12.2. The van der Waals surface area contributed by atoms with E-state index in [0.29, 0.717) is 22.2 Å². The molecule has 0 aromatic heterocycles. The van der Waals surface area contributed by atoms with Gasteiger partial charge < -0.3 is 20.4 Å². The molecule has 18 heavy (non-hydrogen) atoms.